The fraction of sp³-hybridized carbons (Fsp3) is 0.0588. The van der Waals surface area contributed by atoms with E-state index in [9.17, 15) is 0 Å². The third-order valence-electron chi connectivity index (χ3n) is 3.65. The first-order valence-electron chi connectivity index (χ1n) is 6.27. The van der Waals surface area contributed by atoms with E-state index in [-0.39, 0.29) is 0 Å². The number of rotatable bonds is 1. The Morgan fingerprint density at radius 2 is 1.61 bits per heavy atom. The number of fused-ring (bicyclic) bond motifs is 2. The molecule has 0 aromatic heterocycles. The van der Waals surface area contributed by atoms with E-state index in [4.69, 9.17) is 0 Å². The minimum absolute atomic E-state index is 0.980. The minimum atomic E-state index is 0.980. The van der Waals surface area contributed by atoms with Crippen molar-refractivity contribution in [2.75, 3.05) is 0 Å². The maximum atomic E-state index is 2.37. The van der Waals surface area contributed by atoms with Gasteiger partial charge in [-0.2, -0.15) is 0 Å². The molecule has 1 aliphatic rings. The van der Waals surface area contributed by atoms with E-state index in [2.05, 4.69) is 60.7 Å². The van der Waals surface area contributed by atoms with Crippen LogP contribution in [-0.4, -0.2) is 0 Å². The summed E-state index contributed by atoms with van der Waals surface area (Å²) in [5, 5.41) is 4.36. The maximum Gasteiger partial charge on any atom is -0.00280 e. The van der Waals surface area contributed by atoms with Crippen LogP contribution in [0.1, 0.15) is 5.56 Å². The second-order valence-corrected chi connectivity index (χ2v) is 5.93. The Morgan fingerprint density at radius 3 is 2.39 bits per heavy atom. The van der Waals surface area contributed by atoms with Crippen molar-refractivity contribution in [2.24, 2.45) is 0 Å². The van der Waals surface area contributed by atoms with Crippen molar-refractivity contribution in [3.8, 4) is 11.1 Å². The summed E-state index contributed by atoms with van der Waals surface area (Å²) in [7, 11) is 0.980. The standard InChI is InChI=1S/C17H13P/c1-2-6-12(7-3-1)16-15-9-5-4-8-13(15)10-14-11-18-17(14)16/h1-10,18H,11H2. The zero-order valence-electron chi connectivity index (χ0n) is 9.98. The van der Waals surface area contributed by atoms with Crippen molar-refractivity contribution < 1.29 is 0 Å². The Hall–Kier alpha value is -1.65. The molecule has 1 heterocycles. The van der Waals surface area contributed by atoms with Gasteiger partial charge < -0.3 is 0 Å². The predicted octanol–water partition coefficient (Wildman–Crippen LogP) is 4.32. The second kappa shape index (κ2) is 3.93. The summed E-state index contributed by atoms with van der Waals surface area (Å²) in [4.78, 5) is 0. The van der Waals surface area contributed by atoms with Gasteiger partial charge in [0.05, 0.1) is 0 Å². The summed E-state index contributed by atoms with van der Waals surface area (Å²) >= 11 is 0. The summed E-state index contributed by atoms with van der Waals surface area (Å²) in [6.45, 7) is 0. The first-order valence-corrected chi connectivity index (χ1v) is 7.48. The molecule has 0 saturated carbocycles. The van der Waals surface area contributed by atoms with E-state index in [1.54, 1.807) is 10.9 Å². The molecule has 18 heavy (non-hydrogen) atoms. The van der Waals surface area contributed by atoms with Gasteiger partial charge in [0.15, 0.2) is 0 Å². The zero-order chi connectivity index (χ0) is 11.9. The molecule has 0 aliphatic carbocycles. The monoisotopic (exact) mass is 248 g/mol. The Bertz CT molecular complexity index is 729. The summed E-state index contributed by atoms with van der Waals surface area (Å²) in [6.07, 6.45) is 1.26. The molecule has 4 rings (SSSR count). The highest BCUT2D eigenvalue weighted by molar-refractivity contribution is 7.49. The maximum absolute atomic E-state index is 2.37. The van der Waals surface area contributed by atoms with Gasteiger partial charge in [0, 0.05) is 0 Å². The number of benzene rings is 3. The van der Waals surface area contributed by atoms with E-state index in [0.717, 1.165) is 8.58 Å². The third kappa shape index (κ3) is 1.43. The zero-order valence-corrected chi connectivity index (χ0v) is 11.0. The molecule has 1 atom stereocenters. The van der Waals surface area contributed by atoms with E-state index in [1.165, 1.54) is 28.1 Å². The van der Waals surface area contributed by atoms with Crippen LogP contribution in [0.5, 0.6) is 0 Å². The largest absolute Gasteiger partial charge is 0.0849 e. The molecule has 0 N–H and O–H groups in total. The van der Waals surface area contributed by atoms with Crippen molar-refractivity contribution in [3.05, 3.63) is 66.2 Å². The van der Waals surface area contributed by atoms with Gasteiger partial charge in [-0.25, -0.2) is 0 Å². The van der Waals surface area contributed by atoms with Gasteiger partial charge in [-0.05, 0) is 38.9 Å². The van der Waals surface area contributed by atoms with Crippen LogP contribution in [0.3, 0.4) is 0 Å². The van der Waals surface area contributed by atoms with Gasteiger partial charge in [-0.15, -0.1) is 0 Å². The second-order valence-electron chi connectivity index (χ2n) is 4.73. The molecular formula is C17H13P. The van der Waals surface area contributed by atoms with Crippen LogP contribution in [0.2, 0.25) is 0 Å². The molecule has 3 aromatic rings. The van der Waals surface area contributed by atoms with E-state index >= 15 is 0 Å². The van der Waals surface area contributed by atoms with Crippen LogP contribution in [-0.2, 0) is 6.16 Å². The lowest BCUT2D eigenvalue weighted by molar-refractivity contribution is 1.42. The van der Waals surface area contributed by atoms with Gasteiger partial charge in [0.1, 0.15) is 0 Å². The topological polar surface area (TPSA) is 0 Å². The molecule has 0 radical (unpaired) electrons. The molecule has 0 amide bonds. The molecule has 1 heteroatoms. The van der Waals surface area contributed by atoms with Crippen LogP contribution in [0, 0.1) is 0 Å². The van der Waals surface area contributed by atoms with E-state index in [0.29, 0.717) is 0 Å². The van der Waals surface area contributed by atoms with Crippen LogP contribution in [0.15, 0.2) is 60.7 Å². The molecule has 1 aliphatic heterocycles. The quantitative estimate of drug-likeness (QED) is 0.562. The Morgan fingerprint density at radius 1 is 0.833 bits per heavy atom. The molecule has 0 nitrogen and oxygen atoms in total. The smallest absolute Gasteiger partial charge is 0.00280 e. The molecule has 0 spiro atoms. The highest BCUT2D eigenvalue weighted by Gasteiger charge is 2.20. The lowest BCUT2D eigenvalue weighted by atomic mass is 9.95. The highest BCUT2D eigenvalue weighted by atomic mass is 31.1. The fourth-order valence-corrected chi connectivity index (χ4v) is 3.92. The Balaban J connectivity index is 2.13. The van der Waals surface area contributed by atoms with Crippen LogP contribution < -0.4 is 5.30 Å². The molecule has 86 valence electrons. The van der Waals surface area contributed by atoms with Crippen molar-refractivity contribution >= 4 is 24.7 Å². The molecule has 3 aromatic carbocycles. The van der Waals surface area contributed by atoms with Crippen molar-refractivity contribution in [2.45, 2.75) is 6.16 Å². The average Bonchev–Trinajstić information content (AvgIpc) is 2.41. The van der Waals surface area contributed by atoms with Crippen LogP contribution >= 0.6 is 8.58 Å². The number of hydrogen-bond acceptors (Lipinski definition) is 0. The first-order chi connectivity index (χ1) is 8.93. The van der Waals surface area contributed by atoms with E-state index < -0.39 is 0 Å². The van der Waals surface area contributed by atoms with Crippen LogP contribution in [0.25, 0.3) is 21.9 Å². The molecule has 0 fully saturated rings. The molecule has 1 unspecified atom stereocenters. The lowest BCUT2D eigenvalue weighted by Crippen LogP contribution is -2.16. The average molecular weight is 248 g/mol. The van der Waals surface area contributed by atoms with Gasteiger partial charge in [-0.3, -0.25) is 0 Å². The predicted molar refractivity (Wildman–Crippen MR) is 81.0 cm³/mol. The Kier molecular flexibility index (Phi) is 2.25. The van der Waals surface area contributed by atoms with Gasteiger partial charge >= 0.3 is 0 Å². The summed E-state index contributed by atoms with van der Waals surface area (Å²) < 4.78 is 0. The molecule has 0 bridgehead atoms. The van der Waals surface area contributed by atoms with Gasteiger partial charge in [-0.1, -0.05) is 69.2 Å². The van der Waals surface area contributed by atoms with Gasteiger partial charge in [0.2, 0.25) is 0 Å². The first kappa shape index (κ1) is 10.3. The highest BCUT2D eigenvalue weighted by Crippen LogP contribution is 2.40. The normalized spacial score (nSPS) is 14.4. The lowest BCUT2D eigenvalue weighted by Gasteiger charge is -2.25. The summed E-state index contributed by atoms with van der Waals surface area (Å²) in [6, 6.07) is 21.9. The van der Waals surface area contributed by atoms with Gasteiger partial charge in [0.25, 0.3) is 0 Å². The summed E-state index contributed by atoms with van der Waals surface area (Å²) in [5.74, 6) is 0. The van der Waals surface area contributed by atoms with Crippen molar-refractivity contribution in [1.29, 1.82) is 0 Å². The SMILES string of the molecule is c1ccc(-c2c3c(cc4ccccc24)CP3)cc1. The number of hydrogen-bond donors (Lipinski definition) is 0. The third-order valence-corrected chi connectivity index (χ3v) is 5.13. The van der Waals surface area contributed by atoms with Crippen molar-refractivity contribution in [1.82, 2.24) is 0 Å². The van der Waals surface area contributed by atoms with Crippen LogP contribution in [0.4, 0.5) is 0 Å². The van der Waals surface area contributed by atoms with E-state index in [1.807, 2.05) is 0 Å². The molecule has 0 saturated heterocycles. The Labute approximate surface area is 108 Å². The molecular weight excluding hydrogens is 235 g/mol. The van der Waals surface area contributed by atoms with Crippen molar-refractivity contribution in [3.63, 3.8) is 0 Å². The minimum Gasteiger partial charge on any atom is -0.0849 e. The fourth-order valence-electron chi connectivity index (χ4n) is 2.73. The summed E-state index contributed by atoms with van der Waals surface area (Å²) in [5.41, 5.74) is 4.37.